The van der Waals surface area contributed by atoms with Gasteiger partial charge in [-0.05, 0) is 26.2 Å². The zero-order valence-electron chi connectivity index (χ0n) is 10.8. The highest BCUT2D eigenvalue weighted by molar-refractivity contribution is 7.15. The number of hydrogen-bond acceptors (Lipinski definition) is 4. The molecule has 0 radical (unpaired) electrons. The van der Waals surface area contributed by atoms with Gasteiger partial charge >= 0.3 is 0 Å². The molecule has 2 aromatic heterocycles. The van der Waals surface area contributed by atoms with Crippen molar-refractivity contribution in [2.75, 3.05) is 7.11 Å². The molecule has 18 heavy (non-hydrogen) atoms. The fourth-order valence-electron chi connectivity index (χ4n) is 2.82. The molecule has 1 aliphatic carbocycles. The fraction of sp³-hybridized carbons (Fsp3) is 0.615. The Bertz CT molecular complexity index is 533. The minimum Gasteiger partial charge on any atom is -0.380 e. The van der Waals surface area contributed by atoms with E-state index in [9.17, 15) is 0 Å². The van der Waals surface area contributed by atoms with Crippen molar-refractivity contribution < 1.29 is 4.74 Å². The summed E-state index contributed by atoms with van der Waals surface area (Å²) in [6.07, 6.45) is 6.11. The first kappa shape index (κ1) is 12.1. The van der Waals surface area contributed by atoms with Gasteiger partial charge in [-0.1, -0.05) is 0 Å². The van der Waals surface area contributed by atoms with Crippen LogP contribution in [0.2, 0.25) is 0 Å². The Morgan fingerprint density at radius 1 is 1.56 bits per heavy atom. The average molecular weight is 265 g/mol. The van der Waals surface area contributed by atoms with Crippen LogP contribution < -0.4 is 5.32 Å². The molecule has 1 fully saturated rings. The van der Waals surface area contributed by atoms with Gasteiger partial charge in [-0.25, -0.2) is 4.98 Å². The third kappa shape index (κ3) is 2.06. The average Bonchev–Trinajstić information content (AvgIpc) is 3.02. The molecular weight excluding hydrogens is 246 g/mol. The number of nitrogens with zero attached hydrogens (tertiary/aromatic N) is 2. The minimum atomic E-state index is 0.371. The molecule has 5 heteroatoms. The van der Waals surface area contributed by atoms with Crippen LogP contribution in [-0.2, 0) is 11.3 Å². The minimum absolute atomic E-state index is 0.371. The summed E-state index contributed by atoms with van der Waals surface area (Å²) in [6, 6.07) is 0.485. The quantitative estimate of drug-likeness (QED) is 0.922. The molecule has 2 unspecified atom stereocenters. The van der Waals surface area contributed by atoms with Crippen molar-refractivity contribution in [1.82, 2.24) is 14.7 Å². The third-order valence-electron chi connectivity index (χ3n) is 3.85. The van der Waals surface area contributed by atoms with Crippen molar-refractivity contribution in [1.29, 1.82) is 0 Å². The number of ether oxygens (including phenoxy) is 1. The predicted octanol–water partition coefficient (Wildman–Crippen LogP) is 2.36. The van der Waals surface area contributed by atoms with Gasteiger partial charge in [0.25, 0.3) is 0 Å². The zero-order valence-corrected chi connectivity index (χ0v) is 11.7. The smallest absolute Gasteiger partial charge is 0.194 e. The monoisotopic (exact) mass is 265 g/mol. The molecule has 3 rings (SSSR count). The van der Waals surface area contributed by atoms with E-state index in [1.807, 2.05) is 7.11 Å². The largest absolute Gasteiger partial charge is 0.380 e. The number of nitrogens with one attached hydrogen (secondary N) is 1. The predicted molar refractivity (Wildman–Crippen MR) is 73.1 cm³/mol. The standard InChI is InChI=1S/C13H19N3OS/c1-9-11(16-6-7-18-13(16)15-9)8-14-10-4-3-5-12(10)17-2/h6-7,10,12,14H,3-5,8H2,1-2H3. The van der Waals surface area contributed by atoms with E-state index in [0.717, 1.165) is 17.2 Å². The summed E-state index contributed by atoms with van der Waals surface area (Å²) in [7, 11) is 1.81. The molecule has 1 N–H and O–H groups in total. The van der Waals surface area contributed by atoms with Crippen LogP contribution in [0.4, 0.5) is 0 Å². The van der Waals surface area contributed by atoms with Gasteiger partial charge in [-0.2, -0.15) is 0 Å². The van der Waals surface area contributed by atoms with Gasteiger partial charge in [0.2, 0.25) is 0 Å². The number of hydrogen-bond donors (Lipinski definition) is 1. The van der Waals surface area contributed by atoms with Crippen molar-refractivity contribution in [3.05, 3.63) is 23.0 Å². The summed E-state index contributed by atoms with van der Waals surface area (Å²) in [5, 5.41) is 5.71. The third-order valence-corrected chi connectivity index (χ3v) is 4.60. The van der Waals surface area contributed by atoms with Crippen LogP contribution in [0.5, 0.6) is 0 Å². The second-order valence-corrected chi connectivity index (χ2v) is 5.76. The van der Waals surface area contributed by atoms with Crippen LogP contribution in [-0.4, -0.2) is 28.6 Å². The SMILES string of the molecule is COC1CCCC1NCc1c(C)nc2sccn12. The van der Waals surface area contributed by atoms with E-state index in [-0.39, 0.29) is 0 Å². The van der Waals surface area contributed by atoms with E-state index in [2.05, 4.69) is 33.2 Å². The Kier molecular flexibility index (Phi) is 3.37. The number of fused-ring (bicyclic) bond motifs is 1. The Labute approximate surface area is 111 Å². The lowest BCUT2D eigenvalue weighted by atomic mass is 10.2. The molecule has 0 saturated heterocycles. The number of thiazole rings is 1. The van der Waals surface area contributed by atoms with Crippen LogP contribution in [0.15, 0.2) is 11.6 Å². The van der Waals surface area contributed by atoms with Crippen molar-refractivity contribution >= 4 is 16.3 Å². The summed E-state index contributed by atoms with van der Waals surface area (Å²) in [6.45, 7) is 2.95. The summed E-state index contributed by atoms with van der Waals surface area (Å²) >= 11 is 1.68. The molecule has 0 spiro atoms. The molecule has 0 aliphatic heterocycles. The molecule has 4 nitrogen and oxygen atoms in total. The number of methoxy groups -OCH3 is 1. The van der Waals surface area contributed by atoms with Crippen LogP contribution >= 0.6 is 11.3 Å². The number of aryl methyl sites for hydroxylation is 1. The van der Waals surface area contributed by atoms with E-state index in [0.29, 0.717) is 12.1 Å². The molecule has 2 heterocycles. The normalized spacial score (nSPS) is 24.1. The lowest BCUT2D eigenvalue weighted by molar-refractivity contribution is 0.0846. The maximum Gasteiger partial charge on any atom is 0.194 e. The lowest BCUT2D eigenvalue weighted by Gasteiger charge is -2.19. The van der Waals surface area contributed by atoms with Gasteiger partial charge in [0.1, 0.15) is 0 Å². The lowest BCUT2D eigenvalue weighted by Crippen LogP contribution is -2.36. The summed E-state index contributed by atoms with van der Waals surface area (Å²) < 4.78 is 7.70. The van der Waals surface area contributed by atoms with Gasteiger partial charge < -0.3 is 10.1 Å². The highest BCUT2D eigenvalue weighted by Crippen LogP contribution is 2.23. The molecule has 0 bridgehead atoms. The topological polar surface area (TPSA) is 38.6 Å². The van der Waals surface area contributed by atoms with Crippen LogP contribution in [0.1, 0.15) is 30.7 Å². The van der Waals surface area contributed by atoms with Crippen LogP contribution in [0.3, 0.4) is 0 Å². The van der Waals surface area contributed by atoms with Gasteiger partial charge in [0, 0.05) is 31.3 Å². The second kappa shape index (κ2) is 4.99. The van der Waals surface area contributed by atoms with E-state index in [4.69, 9.17) is 4.74 Å². The Balaban J connectivity index is 1.72. The van der Waals surface area contributed by atoms with E-state index >= 15 is 0 Å². The van der Waals surface area contributed by atoms with Gasteiger partial charge in [-0.3, -0.25) is 4.40 Å². The van der Waals surface area contributed by atoms with Crippen LogP contribution in [0.25, 0.3) is 4.96 Å². The van der Waals surface area contributed by atoms with Gasteiger partial charge in [0.15, 0.2) is 4.96 Å². The molecule has 0 amide bonds. The van der Waals surface area contributed by atoms with Crippen LogP contribution in [0, 0.1) is 6.92 Å². The van der Waals surface area contributed by atoms with Gasteiger partial charge in [0.05, 0.1) is 17.5 Å². The molecule has 98 valence electrons. The van der Waals surface area contributed by atoms with Crippen molar-refractivity contribution in [2.24, 2.45) is 0 Å². The molecule has 1 saturated carbocycles. The molecule has 2 atom stereocenters. The number of imidazole rings is 1. The first-order valence-corrected chi connectivity index (χ1v) is 7.35. The molecule has 0 aromatic carbocycles. The van der Waals surface area contributed by atoms with E-state index in [1.165, 1.54) is 25.0 Å². The number of rotatable bonds is 4. The summed E-state index contributed by atoms with van der Waals surface area (Å²) in [4.78, 5) is 5.65. The van der Waals surface area contributed by atoms with E-state index < -0.39 is 0 Å². The Morgan fingerprint density at radius 2 is 2.44 bits per heavy atom. The van der Waals surface area contributed by atoms with Crippen molar-refractivity contribution in [3.63, 3.8) is 0 Å². The fourth-order valence-corrected chi connectivity index (χ4v) is 3.60. The highest BCUT2D eigenvalue weighted by atomic mass is 32.1. The van der Waals surface area contributed by atoms with E-state index in [1.54, 1.807) is 11.3 Å². The van der Waals surface area contributed by atoms with Gasteiger partial charge in [-0.15, -0.1) is 11.3 Å². The first-order chi connectivity index (χ1) is 8.79. The molecular formula is C13H19N3OS. The molecule has 1 aliphatic rings. The first-order valence-electron chi connectivity index (χ1n) is 6.47. The second-order valence-electron chi connectivity index (χ2n) is 4.89. The highest BCUT2D eigenvalue weighted by Gasteiger charge is 2.26. The summed E-state index contributed by atoms with van der Waals surface area (Å²) in [5.74, 6) is 0. The van der Waals surface area contributed by atoms with Crippen molar-refractivity contribution in [3.8, 4) is 0 Å². The summed E-state index contributed by atoms with van der Waals surface area (Å²) in [5.41, 5.74) is 2.40. The Hall–Kier alpha value is -0.910. The Morgan fingerprint density at radius 3 is 3.28 bits per heavy atom. The maximum atomic E-state index is 5.51. The maximum absolute atomic E-state index is 5.51. The zero-order chi connectivity index (χ0) is 12.5. The van der Waals surface area contributed by atoms with Crippen molar-refractivity contribution in [2.45, 2.75) is 44.9 Å². The molecule has 2 aromatic rings. The number of aromatic nitrogens is 2.